The summed E-state index contributed by atoms with van der Waals surface area (Å²) in [6.07, 6.45) is -2.46. The van der Waals surface area contributed by atoms with Crippen molar-refractivity contribution in [2.45, 2.75) is 12.1 Å². The molecule has 16 heavy (non-hydrogen) atoms. The van der Waals surface area contributed by atoms with Crippen molar-refractivity contribution in [2.24, 2.45) is 5.73 Å². The van der Waals surface area contributed by atoms with E-state index >= 15 is 0 Å². The van der Waals surface area contributed by atoms with Gasteiger partial charge in [0.05, 0.1) is 8.48 Å². The van der Waals surface area contributed by atoms with Gasteiger partial charge in [0.2, 0.25) is 0 Å². The molecule has 0 aliphatic rings. The van der Waals surface area contributed by atoms with Crippen LogP contribution in [0.2, 0.25) is 0 Å². The van der Waals surface area contributed by atoms with E-state index in [1.54, 1.807) is 0 Å². The number of carbonyl (C=O) groups excluding carboxylic acids is 1. The molecular weight excluding hydrogens is 214 g/mol. The van der Waals surface area contributed by atoms with Crippen LogP contribution in [0.15, 0.2) is 18.2 Å². The van der Waals surface area contributed by atoms with E-state index in [9.17, 15) is 15.0 Å². The molecule has 0 saturated carbocycles. The maximum Gasteiger partial charge on any atom is 0.325 e. The Morgan fingerprint density at radius 2 is 2.12 bits per heavy atom. The molecule has 0 aliphatic carbocycles. The van der Waals surface area contributed by atoms with Gasteiger partial charge in [-0.05, 0) is 17.7 Å². The van der Waals surface area contributed by atoms with Crippen LogP contribution in [0.4, 0.5) is 0 Å². The second-order valence-electron chi connectivity index (χ2n) is 3.09. The zero-order chi connectivity index (χ0) is 13.2. The molecule has 0 spiro atoms. The van der Waals surface area contributed by atoms with Gasteiger partial charge in [-0.15, -0.1) is 0 Å². The number of phenolic OH excluding ortho intramolecular Hbond substituents is 2. The highest BCUT2D eigenvalue weighted by Crippen LogP contribution is 2.28. The number of rotatable bonds is 3. The summed E-state index contributed by atoms with van der Waals surface area (Å²) in [5, 5.41) is 28.1. The third kappa shape index (κ3) is 2.41. The Balaban J connectivity index is 3.11. The fourth-order valence-electron chi connectivity index (χ4n) is 1.10. The Morgan fingerprint density at radius 1 is 1.50 bits per heavy atom. The van der Waals surface area contributed by atoms with Crippen LogP contribution in [-0.2, 0) is 9.53 Å². The highest BCUT2D eigenvalue weighted by Gasteiger charge is 2.25. The molecule has 88 valence electrons. The number of ether oxygens (including phenoxy) is 1. The lowest BCUT2D eigenvalue weighted by atomic mass is 10.0. The molecule has 5 N–H and O–H groups in total. The summed E-state index contributed by atoms with van der Waals surface area (Å²) in [5.74, 6) is -1.89. The predicted octanol–water partition coefficient (Wildman–Crippen LogP) is -0.369. The van der Waals surface area contributed by atoms with Crippen molar-refractivity contribution >= 4 is 5.97 Å². The Morgan fingerprint density at radius 3 is 2.62 bits per heavy atom. The van der Waals surface area contributed by atoms with Crippen molar-refractivity contribution in [2.75, 3.05) is 7.11 Å². The van der Waals surface area contributed by atoms with Gasteiger partial charge in [-0.2, -0.15) is 0 Å². The molecule has 0 heterocycles. The summed E-state index contributed by atoms with van der Waals surface area (Å²) >= 11 is 0. The van der Waals surface area contributed by atoms with Crippen LogP contribution in [0.3, 0.4) is 0 Å². The third-order valence-corrected chi connectivity index (χ3v) is 2.02. The molecule has 0 bridgehead atoms. The maximum atomic E-state index is 11.1. The summed E-state index contributed by atoms with van der Waals surface area (Å²) < 4.78 is 11.9. The molecule has 0 saturated heterocycles. The van der Waals surface area contributed by atoms with Crippen molar-refractivity contribution in [1.82, 2.24) is 0 Å². The van der Waals surface area contributed by atoms with E-state index in [-0.39, 0.29) is 5.56 Å². The summed E-state index contributed by atoms with van der Waals surface area (Å²) in [4.78, 5) is 11.1. The van der Waals surface area contributed by atoms with Gasteiger partial charge >= 0.3 is 5.97 Å². The first-order valence-corrected chi connectivity index (χ1v) is 4.39. The second kappa shape index (κ2) is 4.82. The van der Waals surface area contributed by atoms with Crippen molar-refractivity contribution in [3.63, 3.8) is 0 Å². The van der Waals surface area contributed by atoms with Crippen LogP contribution in [0.1, 0.15) is 13.0 Å². The molecule has 0 fully saturated rings. The first kappa shape index (κ1) is 10.7. The van der Waals surface area contributed by atoms with E-state index in [2.05, 4.69) is 4.74 Å². The average Bonchev–Trinajstić information content (AvgIpc) is 2.30. The van der Waals surface area contributed by atoms with E-state index in [1.807, 2.05) is 0 Å². The Bertz CT molecular complexity index is 435. The molecule has 0 amide bonds. The molecule has 1 aromatic carbocycles. The average molecular weight is 228 g/mol. The molecule has 2 atom stereocenters. The zero-order valence-electron chi connectivity index (χ0n) is 9.54. The molecule has 6 heteroatoms. The smallest absolute Gasteiger partial charge is 0.325 e. The standard InChI is InChI=1S/C10H13NO5/c1-16-10(15)8(11)9(14)5-2-3-6(12)7(13)4-5/h2-4,8-9,12-14H,11H2,1H3/t8-,9-/m0/s1/i9D. The zero-order valence-corrected chi connectivity index (χ0v) is 8.54. The Labute approximate surface area is 93.3 Å². The molecule has 6 nitrogen and oxygen atoms in total. The quantitative estimate of drug-likeness (QED) is 0.415. The van der Waals surface area contributed by atoms with E-state index in [1.165, 1.54) is 6.07 Å². The lowest BCUT2D eigenvalue weighted by molar-refractivity contribution is -0.145. The number of carbonyl (C=O) groups is 1. The predicted molar refractivity (Wildman–Crippen MR) is 54.7 cm³/mol. The van der Waals surface area contributed by atoms with Gasteiger partial charge < -0.3 is 25.8 Å². The number of hydrogen-bond acceptors (Lipinski definition) is 6. The minimum absolute atomic E-state index is 0.134. The van der Waals surface area contributed by atoms with Gasteiger partial charge in [0.1, 0.15) is 12.1 Å². The van der Waals surface area contributed by atoms with Crippen LogP contribution in [0.5, 0.6) is 11.5 Å². The van der Waals surface area contributed by atoms with Gasteiger partial charge in [-0.1, -0.05) is 6.07 Å². The van der Waals surface area contributed by atoms with Crippen molar-refractivity contribution in [1.29, 1.82) is 0 Å². The van der Waals surface area contributed by atoms with Crippen LogP contribution < -0.4 is 5.73 Å². The normalized spacial score (nSPS) is 17.1. The van der Waals surface area contributed by atoms with Gasteiger partial charge in [-0.25, -0.2) is 0 Å². The lowest BCUT2D eigenvalue weighted by Gasteiger charge is -2.17. The molecule has 0 aromatic heterocycles. The molecular formula is C10H13NO5. The molecule has 1 rings (SSSR count). The van der Waals surface area contributed by atoms with Crippen molar-refractivity contribution in [3.05, 3.63) is 23.8 Å². The highest BCUT2D eigenvalue weighted by molar-refractivity contribution is 5.76. The van der Waals surface area contributed by atoms with Gasteiger partial charge in [0, 0.05) is 0 Å². The molecule has 1 aromatic rings. The maximum absolute atomic E-state index is 11.1. The van der Waals surface area contributed by atoms with Crippen molar-refractivity contribution in [3.8, 4) is 11.5 Å². The third-order valence-electron chi connectivity index (χ3n) is 2.02. The van der Waals surface area contributed by atoms with Crippen LogP contribution >= 0.6 is 0 Å². The van der Waals surface area contributed by atoms with E-state index in [0.717, 1.165) is 19.2 Å². The number of phenols is 2. The lowest BCUT2D eigenvalue weighted by Crippen LogP contribution is -2.37. The summed E-state index contributed by atoms with van der Waals surface area (Å²) in [6, 6.07) is 1.57. The number of esters is 1. The van der Waals surface area contributed by atoms with E-state index < -0.39 is 29.6 Å². The largest absolute Gasteiger partial charge is 0.504 e. The summed E-state index contributed by atoms with van der Waals surface area (Å²) in [7, 11) is 1.08. The number of aromatic hydroxyl groups is 2. The molecule has 0 aliphatic heterocycles. The number of nitrogens with two attached hydrogens (primary N) is 1. The summed E-state index contributed by atoms with van der Waals surface area (Å²) in [6.45, 7) is 0. The number of hydrogen-bond donors (Lipinski definition) is 4. The Kier molecular flexibility index (Phi) is 3.23. The minimum atomic E-state index is -2.46. The fraction of sp³-hybridized carbons (Fsp3) is 0.300. The van der Waals surface area contributed by atoms with E-state index in [0.29, 0.717) is 0 Å². The molecule has 0 radical (unpaired) electrons. The van der Waals surface area contributed by atoms with E-state index in [4.69, 9.17) is 12.2 Å². The van der Waals surface area contributed by atoms with Gasteiger partial charge in [-0.3, -0.25) is 4.79 Å². The minimum Gasteiger partial charge on any atom is -0.504 e. The SMILES string of the molecule is [2H][C@](O)(c1ccc(O)c(O)c1)[C@H](N)C(=O)OC. The number of benzene rings is 1. The fourth-order valence-corrected chi connectivity index (χ4v) is 1.10. The van der Waals surface area contributed by atoms with Gasteiger partial charge in [0.15, 0.2) is 11.5 Å². The van der Waals surface area contributed by atoms with Gasteiger partial charge in [0.25, 0.3) is 0 Å². The summed E-state index contributed by atoms with van der Waals surface area (Å²) in [5.41, 5.74) is 5.24. The molecule has 0 unspecified atom stereocenters. The van der Waals surface area contributed by atoms with Crippen LogP contribution in [0.25, 0.3) is 0 Å². The van der Waals surface area contributed by atoms with Crippen molar-refractivity contribution < 1.29 is 26.2 Å². The second-order valence-corrected chi connectivity index (χ2v) is 3.09. The van der Waals surface area contributed by atoms with Crippen LogP contribution in [-0.4, -0.2) is 34.4 Å². The van der Waals surface area contributed by atoms with Crippen LogP contribution in [0, 0.1) is 0 Å². The first-order valence-electron chi connectivity index (χ1n) is 4.89. The number of methoxy groups -OCH3 is 1. The topological polar surface area (TPSA) is 113 Å². The Hall–Kier alpha value is -1.79. The highest BCUT2D eigenvalue weighted by atomic mass is 16.5. The monoisotopic (exact) mass is 228 g/mol. The number of aliphatic hydroxyl groups is 1. The first-order chi connectivity index (χ1) is 7.80.